The Kier molecular flexibility index (Phi) is 5.43. The number of nitrogens with zero attached hydrogens (tertiary/aromatic N) is 1. The SMILES string of the molecule is CC(=CC(=O)N(C)CC(C)C(=O)O)c1cccc(F)c1. The summed E-state index contributed by atoms with van der Waals surface area (Å²) in [5.41, 5.74) is 1.25. The number of carboxylic acid groups (broad SMARTS) is 1. The molecule has 0 bridgehead atoms. The minimum Gasteiger partial charge on any atom is -0.481 e. The maximum atomic E-state index is 13.1. The fraction of sp³-hybridized carbons (Fsp3) is 0.333. The van der Waals surface area contributed by atoms with E-state index in [9.17, 15) is 14.0 Å². The summed E-state index contributed by atoms with van der Waals surface area (Å²) in [6.07, 6.45) is 1.38. The normalized spacial score (nSPS) is 12.9. The van der Waals surface area contributed by atoms with Crippen molar-refractivity contribution in [2.75, 3.05) is 13.6 Å². The minimum atomic E-state index is -0.949. The Bertz CT molecular complexity index is 540. The number of likely N-dealkylation sites (N-methyl/N-ethyl adjacent to an activating group) is 1. The molecule has 1 unspecified atom stereocenters. The van der Waals surface area contributed by atoms with E-state index in [0.717, 1.165) is 0 Å². The van der Waals surface area contributed by atoms with Crippen molar-refractivity contribution >= 4 is 17.4 Å². The Morgan fingerprint density at radius 2 is 2.10 bits per heavy atom. The summed E-state index contributed by atoms with van der Waals surface area (Å²) < 4.78 is 13.1. The second-order valence-corrected chi connectivity index (χ2v) is 4.80. The van der Waals surface area contributed by atoms with Crippen molar-refractivity contribution in [2.45, 2.75) is 13.8 Å². The van der Waals surface area contributed by atoms with Crippen LogP contribution in [-0.2, 0) is 9.59 Å². The van der Waals surface area contributed by atoms with E-state index in [2.05, 4.69) is 0 Å². The van der Waals surface area contributed by atoms with Gasteiger partial charge in [-0.2, -0.15) is 0 Å². The van der Waals surface area contributed by atoms with E-state index in [1.165, 1.54) is 37.1 Å². The first-order valence-corrected chi connectivity index (χ1v) is 6.23. The van der Waals surface area contributed by atoms with E-state index in [4.69, 9.17) is 5.11 Å². The molecule has 0 saturated carbocycles. The van der Waals surface area contributed by atoms with E-state index in [1.54, 1.807) is 19.1 Å². The smallest absolute Gasteiger partial charge is 0.308 e. The molecule has 0 aromatic heterocycles. The number of benzene rings is 1. The zero-order chi connectivity index (χ0) is 15.3. The van der Waals surface area contributed by atoms with Crippen molar-refractivity contribution < 1.29 is 19.1 Å². The molecule has 5 heteroatoms. The van der Waals surface area contributed by atoms with Crippen molar-refractivity contribution in [1.82, 2.24) is 4.90 Å². The average molecular weight is 279 g/mol. The number of amides is 1. The summed E-state index contributed by atoms with van der Waals surface area (Å²) in [5.74, 6) is -2.25. The van der Waals surface area contributed by atoms with Crippen LogP contribution >= 0.6 is 0 Å². The fourth-order valence-electron chi connectivity index (χ4n) is 1.69. The summed E-state index contributed by atoms with van der Waals surface area (Å²) >= 11 is 0. The van der Waals surface area contributed by atoms with Gasteiger partial charge in [0.05, 0.1) is 5.92 Å². The molecule has 1 atom stereocenters. The first kappa shape index (κ1) is 15.9. The van der Waals surface area contributed by atoms with Gasteiger partial charge in [-0.25, -0.2) is 4.39 Å². The first-order valence-electron chi connectivity index (χ1n) is 6.23. The van der Waals surface area contributed by atoms with E-state index in [-0.39, 0.29) is 18.3 Å². The highest BCUT2D eigenvalue weighted by atomic mass is 19.1. The molecule has 20 heavy (non-hydrogen) atoms. The van der Waals surface area contributed by atoms with Crippen LogP contribution in [0.4, 0.5) is 4.39 Å². The first-order chi connectivity index (χ1) is 9.31. The van der Waals surface area contributed by atoms with Crippen molar-refractivity contribution in [3.8, 4) is 0 Å². The van der Waals surface area contributed by atoms with Gasteiger partial charge in [-0.3, -0.25) is 9.59 Å². The monoisotopic (exact) mass is 279 g/mol. The Labute approximate surface area is 117 Å². The molecule has 4 nitrogen and oxygen atoms in total. The lowest BCUT2D eigenvalue weighted by molar-refractivity contribution is -0.142. The summed E-state index contributed by atoms with van der Waals surface area (Å²) in [6, 6.07) is 5.96. The van der Waals surface area contributed by atoms with E-state index in [1.807, 2.05) is 0 Å². The molecule has 0 spiro atoms. The molecule has 1 amide bonds. The lowest BCUT2D eigenvalue weighted by atomic mass is 10.1. The van der Waals surface area contributed by atoms with Crippen LogP contribution in [-0.4, -0.2) is 35.5 Å². The number of carboxylic acids is 1. The zero-order valence-corrected chi connectivity index (χ0v) is 11.8. The summed E-state index contributed by atoms with van der Waals surface area (Å²) in [4.78, 5) is 24.0. The predicted octanol–water partition coefficient (Wildman–Crippen LogP) is 2.41. The number of hydrogen-bond acceptors (Lipinski definition) is 2. The van der Waals surface area contributed by atoms with Gasteiger partial charge < -0.3 is 10.0 Å². The molecule has 1 aromatic rings. The highest BCUT2D eigenvalue weighted by Crippen LogP contribution is 2.15. The third-order valence-electron chi connectivity index (χ3n) is 2.97. The van der Waals surface area contributed by atoms with Gasteiger partial charge in [0.2, 0.25) is 5.91 Å². The second-order valence-electron chi connectivity index (χ2n) is 4.80. The lowest BCUT2D eigenvalue weighted by Crippen LogP contribution is -2.32. The molecule has 0 heterocycles. The Morgan fingerprint density at radius 3 is 2.65 bits per heavy atom. The minimum absolute atomic E-state index is 0.126. The molecule has 0 aliphatic heterocycles. The standard InChI is InChI=1S/C15H18FNO3/c1-10(12-5-4-6-13(16)8-12)7-14(18)17(3)9-11(2)15(19)20/h4-8,11H,9H2,1-3H3,(H,19,20). The van der Waals surface area contributed by atoms with Crippen LogP contribution in [0.3, 0.4) is 0 Å². The lowest BCUT2D eigenvalue weighted by Gasteiger charge is -2.18. The molecule has 0 aliphatic rings. The van der Waals surface area contributed by atoms with Crippen LogP contribution in [0.1, 0.15) is 19.4 Å². The maximum absolute atomic E-state index is 13.1. The van der Waals surface area contributed by atoms with E-state index < -0.39 is 11.9 Å². The van der Waals surface area contributed by atoms with Crippen LogP contribution in [0.2, 0.25) is 0 Å². The highest BCUT2D eigenvalue weighted by Gasteiger charge is 2.16. The molecule has 0 aliphatic carbocycles. The van der Waals surface area contributed by atoms with Gasteiger partial charge in [-0.15, -0.1) is 0 Å². The van der Waals surface area contributed by atoms with Crippen LogP contribution < -0.4 is 0 Å². The highest BCUT2D eigenvalue weighted by molar-refractivity contribution is 5.94. The molecule has 108 valence electrons. The van der Waals surface area contributed by atoms with E-state index in [0.29, 0.717) is 11.1 Å². The van der Waals surface area contributed by atoms with Gasteiger partial charge in [-0.1, -0.05) is 19.1 Å². The molecule has 1 rings (SSSR count). The Hall–Kier alpha value is -2.17. The predicted molar refractivity (Wildman–Crippen MR) is 74.5 cm³/mol. The molecule has 0 radical (unpaired) electrons. The Morgan fingerprint density at radius 1 is 1.45 bits per heavy atom. The van der Waals surface area contributed by atoms with Crippen molar-refractivity contribution in [3.63, 3.8) is 0 Å². The second kappa shape index (κ2) is 6.84. The van der Waals surface area contributed by atoms with Crippen LogP contribution in [0.15, 0.2) is 30.3 Å². The number of allylic oxidation sites excluding steroid dienone is 1. The zero-order valence-electron chi connectivity index (χ0n) is 11.8. The van der Waals surface area contributed by atoms with Gasteiger partial charge >= 0.3 is 5.97 Å². The molecule has 1 aromatic carbocycles. The Balaban J connectivity index is 2.77. The van der Waals surface area contributed by atoms with Crippen molar-refractivity contribution in [2.24, 2.45) is 5.92 Å². The van der Waals surface area contributed by atoms with E-state index >= 15 is 0 Å². The molecular weight excluding hydrogens is 261 g/mol. The molecule has 1 N–H and O–H groups in total. The van der Waals surface area contributed by atoms with Crippen molar-refractivity contribution in [1.29, 1.82) is 0 Å². The summed E-state index contributed by atoms with van der Waals surface area (Å²) in [5, 5.41) is 8.81. The number of aliphatic carboxylic acids is 1. The number of hydrogen-bond donors (Lipinski definition) is 1. The van der Waals surface area contributed by atoms with Crippen LogP contribution in [0.5, 0.6) is 0 Å². The van der Waals surface area contributed by atoms with Crippen LogP contribution in [0, 0.1) is 11.7 Å². The summed E-state index contributed by atoms with van der Waals surface area (Å²) in [7, 11) is 1.54. The number of carbonyl (C=O) groups excluding carboxylic acids is 1. The average Bonchev–Trinajstić information content (AvgIpc) is 2.38. The third kappa shape index (κ3) is 4.50. The van der Waals surface area contributed by atoms with Gasteiger partial charge in [0, 0.05) is 19.7 Å². The molecule has 0 fully saturated rings. The maximum Gasteiger partial charge on any atom is 0.308 e. The topological polar surface area (TPSA) is 57.6 Å². The van der Waals surface area contributed by atoms with Gasteiger partial charge in [0.25, 0.3) is 0 Å². The molecular formula is C15H18FNO3. The molecule has 0 saturated heterocycles. The number of halogens is 1. The van der Waals surface area contributed by atoms with Crippen molar-refractivity contribution in [3.05, 3.63) is 41.7 Å². The number of rotatable bonds is 5. The fourth-order valence-corrected chi connectivity index (χ4v) is 1.69. The third-order valence-corrected chi connectivity index (χ3v) is 2.97. The summed E-state index contributed by atoms with van der Waals surface area (Å²) in [6.45, 7) is 3.37. The van der Waals surface area contributed by atoms with Gasteiger partial charge in [-0.05, 0) is 30.2 Å². The van der Waals surface area contributed by atoms with Crippen LogP contribution in [0.25, 0.3) is 5.57 Å². The quantitative estimate of drug-likeness (QED) is 0.842. The van der Waals surface area contributed by atoms with Gasteiger partial charge in [0.15, 0.2) is 0 Å². The largest absolute Gasteiger partial charge is 0.481 e. The number of carbonyl (C=O) groups is 2. The van der Waals surface area contributed by atoms with Gasteiger partial charge in [0.1, 0.15) is 5.82 Å².